The van der Waals surface area contributed by atoms with Gasteiger partial charge in [0, 0.05) is 14.2 Å². The van der Waals surface area contributed by atoms with Crippen LogP contribution in [-0.2, 0) is 19.8 Å². The zero-order valence-electron chi connectivity index (χ0n) is 10.4. The number of aliphatic hydroxyl groups is 1. The van der Waals surface area contributed by atoms with Crippen LogP contribution in [0.1, 0.15) is 5.56 Å². The van der Waals surface area contributed by atoms with Gasteiger partial charge in [-0.15, -0.1) is 0 Å². The molecule has 3 atom stereocenters. The summed E-state index contributed by atoms with van der Waals surface area (Å²) in [6.45, 7) is 0. The standard InChI is InChI=1S/C14H16O4/c1-16-13(17-2)9-8-11-12(18-11)14(13,15)10-6-4-3-5-7-10/h3-9,11-12,15H,1-2H3/t11-,12-,14-/m0/s1. The van der Waals surface area contributed by atoms with Gasteiger partial charge in [0.2, 0.25) is 5.79 Å². The molecule has 0 spiro atoms. The first kappa shape index (κ1) is 11.9. The highest BCUT2D eigenvalue weighted by atomic mass is 16.7. The fourth-order valence-corrected chi connectivity index (χ4v) is 2.74. The van der Waals surface area contributed by atoms with Crippen LogP contribution in [0, 0.1) is 0 Å². The summed E-state index contributed by atoms with van der Waals surface area (Å²) in [4.78, 5) is 0. The van der Waals surface area contributed by atoms with E-state index in [0.717, 1.165) is 5.56 Å². The summed E-state index contributed by atoms with van der Waals surface area (Å²) in [6.07, 6.45) is 3.21. The van der Waals surface area contributed by atoms with Crippen molar-refractivity contribution in [2.45, 2.75) is 23.6 Å². The van der Waals surface area contributed by atoms with E-state index in [2.05, 4.69) is 0 Å². The van der Waals surface area contributed by atoms with E-state index >= 15 is 0 Å². The van der Waals surface area contributed by atoms with E-state index in [-0.39, 0.29) is 12.2 Å². The zero-order chi connectivity index (χ0) is 12.8. The summed E-state index contributed by atoms with van der Waals surface area (Å²) >= 11 is 0. The van der Waals surface area contributed by atoms with Gasteiger partial charge in [-0.2, -0.15) is 0 Å². The van der Waals surface area contributed by atoms with Gasteiger partial charge in [0.1, 0.15) is 12.2 Å². The molecule has 0 aromatic heterocycles. The van der Waals surface area contributed by atoms with Crippen molar-refractivity contribution in [1.29, 1.82) is 0 Å². The Hall–Kier alpha value is -1.20. The number of hydrogen-bond acceptors (Lipinski definition) is 4. The van der Waals surface area contributed by atoms with E-state index < -0.39 is 11.4 Å². The van der Waals surface area contributed by atoms with Crippen molar-refractivity contribution >= 4 is 0 Å². The Bertz CT molecular complexity index is 466. The molecule has 2 aliphatic rings. The van der Waals surface area contributed by atoms with Crippen LogP contribution in [0.25, 0.3) is 0 Å². The van der Waals surface area contributed by atoms with E-state index in [1.165, 1.54) is 14.2 Å². The minimum atomic E-state index is -1.34. The molecule has 4 nitrogen and oxygen atoms in total. The molecule has 1 aromatic rings. The first-order chi connectivity index (χ1) is 8.68. The van der Waals surface area contributed by atoms with Crippen LogP contribution in [0.5, 0.6) is 0 Å². The van der Waals surface area contributed by atoms with E-state index in [1.807, 2.05) is 36.4 Å². The minimum Gasteiger partial charge on any atom is -0.377 e. The highest BCUT2D eigenvalue weighted by molar-refractivity contribution is 5.37. The topological polar surface area (TPSA) is 51.2 Å². The van der Waals surface area contributed by atoms with Gasteiger partial charge >= 0.3 is 0 Å². The maximum atomic E-state index is 11.1. The van der Waals surface area contributed by atoms with Gasteiger partial charge < -0.3 is 19.3 Å². The number of ether oxygens (including phenoxy) is 3. The quantitative estimate of drug-likeness (QED) is 0.496. The molecule has 1 saturated heterocycles. The summed E-state index contributed by atoms with van der Waals surface area (Å²) in [5, 5.41) is 11.1. The van der Waals surface area contributed by atoms with Crippen LogP contribution >= 0.6 is 0 Å². The molecule has 4 heteroatoms. The van der Waals surface area contributed by atoms with Crippen molar-refractivity contribution in [3.05, 3.63) is 48.0 Å². The fourth-order valence-electron chi connectivity index (χ4n) is 2.74. The van der Waals surface area contributed by atoms with Crippen molar-refractivity contribution < 1.29 is 19.3 Å². The number of rotatable bonds is 3. The first-order valence-electron chi connectivity index (χ1n) is 5.91. The molecular formula is C14H16O4. The highest BCUT2D eigenvalue weighted by Crippen LogP contribution is 2.52. The molecular weight excluding hydrogens is 232 g/mol. The summed E-state index contributed by atoms with van der Waals surface area (Å²) in [7, 11) is 3.04. The Morgan fingerprint density at radius 3 is 2.44 bits per heavy atom. The average molecular weight is 248 g/mol. The number of methoxy groups -OCH3 is 2. The van der Waals surface area contributed by atoms with Crippen molar-refractivity contribution in [1.82, 2.24) is 0 Å². The number of epoxide rings is 1. The van der Waals surface area contributed by atoms with Crippen molar-refractivity contribution in [3.63, 3.8) is 0 Å². The Morgan fingerprint density at radius 2 is 1.83 bits per heavy atom. The van der Waals surface area contributed by atoms with Crippen molar-refractivity contribution in [2.24, 2.45) is 0 Å². The molecule has 1 aliphatic heterocycles. The molecule has 1 aliphatic carbocycles. The van der Waals surface area contributed by atoms with E-state index in [4.69, 9.17) is 14.2 Å². The third-order valence-electron chi connectivity index (χ3n) is 3.79. The Balaban J connectivity index is 2.14. The average Bonchev–Trinajstić information content (AvgIpc) is 3.21. The molecule has 96 valence electrons. The molecule has 1 aromatic carbocycles. The molecule has 0 radical (unpaired) electrons. The number of benzene rings is 1. The second-order valence-electron chi connectivity index (χ2n) is 4.59. The van der Waals surface area contributed by atoms with Gasteiger partial charge in [-0.3, -0.25) is 0 Å². The largest absolute Gasteiger partial charge is 0.377 e. The van der Waals surface area contributed by atoms with E-state index in [1.54, 1.807) is 6.08 Å². The predicted octanol–water partition coefficient (Wildman–Crippen LogP) is 1.20. The molecule has 18 heavy (non-hydrogen) atoms. The van der Waals surface area contributed by atoms with Crippen LogP contribution in [0.2, 0.25) is 0 Å². The maximum Gasteiger partial charge on any atom is 0.224 e. The lowest BCUT2D eigenvalue weighted by molar-refractivity contribution is -0.285. The van der Waals surface area contributed by atoms with Crippen molar-refractivity contribution in [2.75, 3.05) is 14.2 Å². The summed E-state index contributed by atoms with van der Waals surface area (Å²) < 4.78 is 16.4. The molecule has 0 bridgehead atoms. The zero-order valence-corrected chi connectivity index (χ0v) is 10.4. The van der Waals surface area contributed by atoms with Crippen LogP contribution < -0.4 is 0 Å². The summed E-state index contributed by atoms with van der Waals surface area (Å²) in [6, 6.07) is 9.35. The van der Waals surface area contributed by atoms with Gasteiger partial charge in [0.15, 0.2) is 5.60 Å². The lowest BCUT2D eigenvalue weighted by Crippen LogP contribution is -2.58. The lowest BCUT2D eigenvalue weighted by atomic mass is 9.77. The minimum absolute atomic E-state index is 0.0615. The lowest BCUT2D eigenvalue weighted by Gasteiger charge is -2.43. The molecule has 1 fully saturated rings. The SMILES string of the molecule is COC1(OC)C=C[C@@H]2O[C@@H]2[C@@]1(O)c1ccccc1. The first-order valence-corrected chi connectivity index (χ1v) is 5.91. The summed E-state index contributed by atoms with van der Waals surface area (Å²) in [5.74, 6) is -1.22. The molecule has 0 amide bonds. The maximum absolute atomic E-state index is 11.1. The fraction of sp³-hybridized carbons (Fsp3) is 0.429. The molecule has 1 N–H and O–H groups in total. The van der Waals surface area contributed by atoms with Crippen molar-refractivity contribution in [3.8, 4) is 0 Å². The van der Waals surface area contributed by atoms with E-state index in [0.29, 0.717) is 0 Å². The van der Waals surface area contributed by atoms with Gasteiger partial charge in [-0.05, 0) is 11.6 Å². The van der Waals surface area contributed by atoms with Crippen LogP contribution in [-0.4, -0.2) is 37.3 Å². The smallest absolute Gasteiger partial charge is 0.224 e. The van der Waals surface area contributed by atoms with Gasteiger partial charge in [0.25, 0.3) is 0 Å². The number of fused-ring (bicyclic) bond motifs is 1. The molecule has 0 saturated carbocycles. The Kier molecular flexibility index (Phi) is 2.57. The molecule has 1 heterocycles. The molecule has 0 unspecified atom stereocenters. The van der Waals surface area contributed by atoms with Gasteiger partial charge in [0.05, 0.1) is 0 Å². The van der Waals surface area contributed by atoms with Crippen LogP contribution in [0.3, 0.4) is 0 Å². The second kappa shape index (κ2) is 3.90. The van der Waals surface area contributed by atoms with Crippen LogP contribution in [0.4, 0.5) is 0 Å². The Labute approximate surface area is 106 Å². The Morgan fingerprint density at radius 1 is 1.17 bits per heavy atom. The van der Waals surface area contributed by atoms with E-state index in [9.17, 15) is 5.11 Å². The monoisotopic (exact) mass is 248 g/mol. The highest BCUT2D eigenvalue weighted by Gasteiger charge is 2.67. The normalized spacial score (nSPS) is 36.2. The van der Waals surface area contributed by atoms with Crippen LogP contribution in [0.15, 0.2) is 42.5 Å². The number of hydrogen-bond donors (Lipinski definition) is 1. The third kappa shape index (κ3) is 1.34. The third-order valence-corrected chi connectivity index (χ3v) is 3.79. The summed E-state index contributed by atoms with van der Waals surface area (Å²) in [5.41, 5.74) is -0.609. The predicted molar refractivity (Wildman–Crippen MR) is 64.9 cm³/mol. The van der Waals surface area contributed by atoms with Gasteiger partial charge in [-0.1, -0.05) is 36.4 Å². The second-order valence-corrected chi connectivity index (χ2v) is 4.59. The molecule has 3 rings (SSSR count). The van der Waals surface area contributed by atoms with Gasteiger partial charge in [-0.25, -0.2) is 0 Å².